The van der Waals surface area contributed by atoms with Crippen LogP contribution in [0, 0.1) is 11.7 Å². The highest BCUT2D eigenvalue weighted by Crippen LogP contribution is 2.12. The Morgan fingerprint density at radius 1 is 1.13 bits per heavy atom. The van der Waals surface area contributed by atoms with Crippen LogP contribution < -0.4 is 15.5 Å². The first-order chi connectivity index (χ1) is 14.8. The van der Waals surface area contributed by atoms with Crippen molar-refractivity contribution in [3.05, 3.63) is 65.5 Å². The third-order valence-corrected chi connectivity index (χ3v) is 4.17. The minimum absolute atomic E-state index is 0.213. The molecule has 0 aliphatic rings. The Kier molecular flexibility index (Phi) is 8.68. The van der Waals surface area contributed by atoms with E-state index < -0.39 is 29.6 Å². The van der Waals surface area contributed by atoms with E-state index in [0.29, 0.717) is 11.3 Å². The average Bonchev–Trinajstić information content (AvgIpc) is 2.76. The third kappa shape index (κ3) is 7.54. The van der Waals surface area contributed by atoms with Gasteiger partial charge in [-0.05, 0) is 47.9 Å². The molecule has 9 heteroatoms. The van der Waals surface area contributed by atoms with Crippen LogP contribution in [0.25, 0.3) is 0 Å². The summed E-state index contributed by atoms with van der Waals surface area (Å²) in [5.74, 6) is -1.73. The van der Waals surface area contributed by atoms with E-state index in [4.69, 9.17) is 4.74 Å². The number of halogens is 1. The van der Waals surface area contributed by atoms with Crippen molar-refractivity contribution in [3.63, 3.8) is 0 Å². The van der Waals surface area contributed by atoms with Gasteiger partial charge in [0.15, 0.2) is 6.61 Å². The highest BCUT2D eigenvalue weighted by molar-refractivity contribution is 5.97. The van der Waals surface area contributed by atoms with E-state index in [-0.39, 0.29) is 18.1 Å². The molecule has 0 heterocycles. The molecule has 2 amide bonds. The molecule has 0 aliphatic heterocycles. The van der Waals surface area contributed by atoms with Gasteiger partial charge in [0.1, 0.15) is 17.6 Å². The monoisotopic (exact) mass is 429 g/mol. The zero-order chi connectivity index (χ0) is 22.8. The highest BCUT2D eigenvalue weighted by Gasteiger charge is 2.24. The maximum atomic E-state index is 13.0. The lowest BCUT2D eigenvalue weighted by molar-refractivity contribution is -0.142. The molecule has 1 atom stereocenters. The summed E-state index contributed by atoms with van der Waals surface area (Å²) in [5.41, 5.74) is 3.27. The second-order valence-corrected chi connectivity index (χ2v) is 6.87. The molecule has 2 aromatic rings. The number of hydrogen-bond acceptors (Lipinski definition) is 6. The van der Waals surface area contributed by atoms with E-state index >= 15 is 0 Å². The Morgan fingerprint density at radius 3 is 2.48 bits per heavy atom. The number of carbonyl (C=O) groups excluding carboxylic acids is 3. The molecular weight excluding hydrogens is 405 g/mol. The van der Waals surface area contributed by atoms with Gasteiger partial charge in [-0.3, -0.25) is 9.59 Å². The molecule has 0 saturated carbocycles. The summed E-state index contributed by atoms with van der Waals surface area (Å²) in [7, 11) is 1.27. The summed E-state index contributed by atoms with van der Waals surface area (Å²) in [4.78, 5) is 36.0. The lowest BCUT2D eigenvalue weighted by atomic mass is 10.0. The molecule has 164 valence electrons. The maximum absolute atomic E-state index is 13.0. The molecule has 2 N–H and O–H groups in total. The molecule has 0 bridgehead atoms. The van der Waals surface area contributed by atoms with Crippen molar-refractivity contribution >= 4 is 24.0 Å². The molecule has 0 aliphatic carbocycles. The van der Waals surface area contributed by atoms with Crippen molar-refractivity contribution in [2.75, 3.05) is 13.7 Å². The summed E-state index contributed by atoms with van der Waals surface area (Å²) in [6.45, 7) is 3.33. The van der Waals surface area contributed by atoms with Gasteiger partial charge in [-0.25, -0.2) is 14.6 Å². The van der Waals surface area contributed by atoms with Crippen molar-refractivity contribution in [2.45, 2.75) is 19.9 Å². The Morgan fingerprint density at radius 2 is 1.84 bits per heavy atom. The quantitative estimate of drug-likeness (QED) is 0.361. The number of esters is 1. The predicted molar refractivity (Wildman–Crippen MR) is 112 cm³/mol. The number of carbonyl (C=O) groups is 3. The molecule has 0 spiro atoms. The number of benzene rings is 2. The zero-order valence-corrected chi connectivity index (χ0v) is 17.4. The van der Waals surface area contributed by atoms with Gasteiger partial charge in [-0.2, -0.15) is 5.10 Å². The van der Waals surface area contributed by atoms with Crippen LogP contribution in [0.3, 0.4) is 0 Å². The largest absolute Gasteiger partial charge is 0.482 e. The summed E-state index contributed by atoms with van der Waals surface area (Å²) < 4.78 is 22.8. The van der Waals surface area contributed by atoms with Gasteiger partial charge < -0.3 is 14.8 Å². The van der Waals surface area contributed by atoms with E-state index in [2.05, 4.69) is 20.6 Å². The second kappa shape index (κ2) is 11.4. The van der Waals surface area contributed by atoms with Crippen LogP contribution in [0.2, 0.25) is 0 Å². The number of nitrogens with one attached hydrogen (secondary N) is 2. The molecule has 8 nitrogen and oxygen atoms in total. The van der Waals surface area contributed by atoms with Crippen molar-refractivity contribution in [1.82, 2.24) is 10.7 Å². The summed E-state index contributed by atoms with van der Waals surface area (Å²) >= 11 is 0. The van der Waals surface area contributed by atoms with Gasteiger partial charge in [-0.15, -0.1) is 0 Å². The second-order valence-electron chi connectivity index (χ2n) is 6.87. The normalized spacial score (nSPS) is 11.8. The number of methoxy groups -OCH3 is 1. The van der Waals surface area contributed by atoms with Crippen LogP contribution >= 0.6 is 0 Å². The fourth-order valence-electron chi connectivity index (χ4n) is 2.49. The molecule has 0 aromatic heterocycles. The zero-order valence-electron chi connectivity index (χ0n) is 17.4. The third-order valence-electron chi connectivity index (χ3n) is 4.17. The summed E-state index contributed by atoms with van der Waals surface area (Å²) in [6.07, 6.45) is 1.40. The summed E-state index contributed by atoms with van der Waals surface area (Å²) in [5, 5.41) is 6.55. The standard InChI is InChI=1S/C22H24FN3O5/c1-14(2)20(25-21(28)16-7-9-17(23)10-8-16)22(29)26-24-12-15-5-4-6-18(11-15)31-13-19(27)30-3/h4-12,14,20H,13H2,1-3H3,(H,25,28)(H,26,29). The Balaban J connectivity index is 1.96. The summed E-state index contributed by atoms with van der Waals surface area (Å²) in [6, 6.07) is 10.9. The Bertz CT molecular complexity index is 944. The minimum Gasteiger partial charge on any atom is -0.482 e. The molecule has 1 unspecified atom stereocenters. The number of hydrazone groups is 1. The van der Waals surface area contributed by atoms with E-state index in [0.717, 1.165) is 0 Å². The lowest BCUT2D eigenvalue weighted by Crippen LogP contribution is -2.48. The Labute approximate surface area is 179 Å². The number of rotatable bonds is 9. The first-order valence-corrected chi connectivity index (χ1v) is 9.49. The topological polar surface area (TPSA) is 106 Å². The van der Waals surface area contributed by atoms with E-state index in [1.807, 2.05) is 0 Å². The first kappa shape index (κ1) is 23.5. The number of nitrogens with zero attached hydrogens (tertiary/aromatic N) is 1. The van der Waals surface area contributed by atoms with Crippen LogP contribution in [-0.2, 0) is 14.3 Å². The Hall–Kier alpha value is -3.75. The molecule has 0 saturated heterocycles. The van der Waals surface area contributed by atoms with Crippen LogP contribution in [0.15, 0.2) is 53.6 Å². The van der Waals surface area contributed by atoms with Crippen molar-refractivity contribution in [2.24, 2.45) is 11.0 Å². The van der Waals surface area contributed by atoms with Gasteiger partial charge in [0.25, 0.3) is 11.8 Å². The van der Waals surface area contributed by atoms with Crippen LogP contribution in [-0.4, -0.2) is 43.8 Å². The van der Waals surface area contributed by atoms with Crippen molar-refractivity contribution in [3.8, 4) is 5.75 Å². The van der Waals surface area contributed by atoms with Crippen LogP contribution in [0.5, 0.6) is 5.75 Å². The predicted octanol–water partition coefficient (Wildman–Crippen LogP) is 2.28. The molecule has 2 aromatic carbocycles. The van der Waals surface area contributed by atoms with E-state index in [1.165, 1.54) is 37.6 Å². The van der Waals surface area contributed by atoms with Crippen LogP contribution in [0.4, 0.5) is 4.39 Å². The van der Waals surface area contributed by atoms with E-state index in [9.17, 15) is 18.8 Å². The van der Waals surface area contributed by atoms with E-state index in [1.54, 1.807) is 38.1 Å². The SMILES string of the molecule is COC(=O)COc1cccc(C=NNC(=O)C(NC(=O)c2ccc(F)cc2)C(C)C)c1. The lowest BCUT2D eigenvalue weighted by Gasteiger charge is -2.20. The highest BCUT2D eigenvalue weighted by atomic mass is 19.1. The number of hydrogen-bond donors (Lipinski definition) is 2. The van der Waals surface area contributed by atoms with Gasteiger partial charge in [-0.1, -0.05) is 26.0 Å². The van der Waals surface area contributed by atoms with Crippen molar-refractivity contribution in [1.29, 1.82) is 0 Å². The van der Waals surface area contributed by atoms with Gasteiger partial charge in [0.05, 0.1) is 13.3 Å². The number of amides is 2. The van der Waals surface area contributed by atoms with Gasteiger partial charge in [0.2, 0.25) is 0 Å². The van der Waals surface area contributed by atoms with Gasteiger partial charge in [0, 0.05) is 5.56 Å². The van der Waals surface area contributed by atoms with Crippen molar-refractivity contribution < 1.29 is 28.2 Å². The molecule has 0 fully saturated rings. The maximum Gasteiger partial charge on any atom is 0.343 e. The molecule has 31 heavy (non-hydrogen) atoms. The van der Waals surface area contributed by atoms with Gasteiger partial charge >= 0.3 is 5.97 Å². The average molecular weight is 429 g/mol. The fourth-order valence-corrected chi connectivity index (χ4v) is 2.49. The fraction of sp³-hybridized carbons (Fsp3) is 0.273. The smallest absolute Gasteiger partial charge is 0.343 e. The molecule has 0 radical (unpaired) electrons. The first-order valence-electron chi connectivity index (χ1n) is 9.49. The van der Waals surface area contributed by atoms with Crippen LogP contribution in [0.1, 0.15) is 29.8 Å². The molecule has 2 rings (SSSR count). The minimum atomic E-state index is -0.843. The number of ether oxygens (including phenoxy) is 2. The molecular formula is C22H24FN3O5.